The Labute approximate surface area is 351 Å². The highest BCUT2D eigenvalue weighted by Gasteiger charge is 2.39. The third-order valence-corrected chi connectivity index (χ3v) is 13.8. The summed E-state index contributed by atoms with van der Waals surface area (Å²) in [5.74, 6) is 0. The quantitative estimate of drug-likeness (QED) is 0.169. The van der Waals surface area contributed by atoms with Crippen molar-refractivity contribution in [3.05, 3.63) is 216 Å². The molecule has 1 aromatic heterocycles. The van der Waals surface area contributed by atoms with Gasteiger partial charge in [-0.25, -0.2) is 0 Å². The Morgan fingerprint density at radius 3 is 1.63 bits per heavy atom. The van der Waals surface area contributed by atoms with Gasteiger partial charge in [0.15, 0.2) is 0 Å². The van der Waals surface area contributed by atoms with Crippen molar-refractivity contribution in [2.75, 3.05) is 4.90 Å². The number of anilines is 3. The van der Waals surface area contributed by atoms with Gasteiger partial charge < -0.3 is 9.47 Å². The van der Waals surface area contributed by atoms with E-state index in [0.29, 0.717) is 0 Å². The molecule has 0 unspecified atom stereocenters. The molecule has 0 fully saturated rings. The molecule has 0 aliphatic heterocycles. The van der Waals surface area contributed by atoms with Crippen LogP contribution in [-0.4, -0.2) is 4.57 Å². The number of para-hydroxylation sites is 2. The summed E-state index contributed by atoms with van der Waals surface area (Å²) in [7, 11) is 0. The van der Waals surface area contributed by atoms with Crippen molar-refractivity contribution in [2.45, 2.75) is 38.5 Å². The molecule has 0 spiro atoms. The largest absolute Gasteiger partial charge is 0.309 e. The van der Waals surface area contributed by atoms with Crippen LogP contribution in [0.4, 0.5) is 17.1 Å². The van der Waals surface area contributed by atoms with E-state index >= 15 is 0 Å². The lowest BCUT2D eigenvalue weighted by molar-refractivity contribution is 0.660. The summed E-state index contributed by atoms with van der Waals surface area (Å²) < 4.78 is 2.39. The minimum absolute atomic E-state index is 0.119. The van der Waals surface area contributed by atoms with Gasteiger partial charge in [0.05, 0.1) is 22.4 Å². The molecule has 0 amide bonds. The maximum absolute atomic E-state index is 2.55. The van der Waals surface area contributed by atoms with Crippen LogP contribution in [0.25, 0.3) is 71.6 Å². The lowest BCUT2D eigenvalue weighted by Gasteiger charge is -2.31. The molecule has 60 heavy (non-hydrogen) atoms. The van der Waals surface area contributed by atoms with E-state index in [1.807, 2.05) is 0 Å². The van der Waals surface area contributed by atoms with Crippen LogP contribution in [0.1, 0.15) is 49.9 Å². The second kappa shape index (κ2) is 12.7. The molecule has 0 saturated heterocycles. The number of hydrogen-bond acceptors (Lipinski definition) is 1. The lowest BCUT2D eigenvalue weighted by Crippen LogP contribution is -2.17. The fourth-order valence-corrected chi connectivity index (χ4v) is 10.9. The highest BCUT2D eigenvalue weighted by molar-refractivity contribution is 6.10. The summed E-state index contributed by atoms with van der Waals surface area (Å²) in [4.78, 5) is 2.55. The third-order valence-electron chi connectivity index (χ3n) is 13.8. The predicted octanol–water partition coefficient (Wildman–Crippen LogP) is 15.7. The fourth-order valence-electron chi connectivity index (χ4n) is 10.9. The zero-order valence-electron chi connectivity index (χ0n) is 34.4. The van der Waals surface area contributed by atoms with E-state index in [2.05, 4.69) is 231 Å². The molecule has 0 N–H and O–H groups in total. The van der Waals surface area contributed by atoms with Crippen LogP contribution >= 0.6 is 0 Å². The Bertz CT molecular complexity index is 3320. The van der Waals surface area contributed by atoms with Crippen LogP contribution in [0, 0.1) is 0 Å². The highest BCUT2D eigenvalue weighted by Crippen LogP contribution is 2.56. The first kappa shape index (κ1) is 34.8. The zero-order valence-corrected chi connectivity index (χ0v) is 34.4. The van der Waals surface area contributed by atoms with E-state index in [0.717, 1.165) is 5.69 Å². The highest BCUT2D eigenvalue weighted by atomic mass is 15.1. The van der Waals surface area contributed by atoms with Gasteiger partial charge in [-0.1, -0.05) is 173 Å². The molecular weight excluding hydrogens is 725 g/mol. The molecule has 9 aromatic carbocycles. The molecule has 2 aliphatic rings. The predicted molar refractivity (Wildman–Crippen MR) is 254 cm³/mol. The fraction of sp³-hybridized carbons (Fsp3) is 0.103. The normalized spacial score (nSPS) is 14.3. The van der Waals surface area contributed by atoms with Crippen molar-refractivity contribution in [2.24, 2.45) is 0 Å². The van der Waals surface area contributed by atoms with Crippen molar-refractivity contribution in [1.29, 1.82) is 0 Å². The van der Waals surface area contributed by atoms with E-state index in [-0.39, 0.29) is 10.8 Å². The first-order valence-corrected chi connectivity index (χ1v) is 21.2. The molecule has 0 radical (unpaired) electrons. The molecule has 0 atom stereocenters. The van der Waals surface area contributed by atoms with Crippen molar-refractivity contribution >= 4 is 49.6 Å². The number of rotatable bonds is 5. The van der Waals surface area contributed by atoms with Crippen molar-refractivity contribution < 1.29 is 0 Å². The smallest absolute Gasteiger partial charge is 0.0543 e. The standard InChI is InChI=1S/C58H44N2/c1-57(2)49-24-10-6-19-47(49)56-50(57)25-15-29-55(56)60(39-34-35-43-42-16-5-9-23-48(42)58(3,4)51(43)36-39)54-28-14-21-41-40(20-13-22-44(41)54)37-30-32-38(33-31-37)59-52-26-11-7-17-45(52)46-18-8-12-27-53(46)59/h5-36H,1-4H3. The summed E-state index contributed by atoms with van der Waals surface area (Å²) in [6, 6.07) is 72.3. The van der Waals surface area contributed by atoms with E-state index in [4.69, 9.17) is 0 Å². The monoisotopic (exact) mass is 768 g/mol. The Balaban J connectivity index is 1.05. The van der Waals surface area contributed by atoms with Gasteiger partial charge in [-0.15, -0.1) is 0 Å². The van der Waals surface area contributed by atoms with Crippen LogP contribution in [-0.2, 0) is 10.8 Å². The van der Waals surface area contributed by atoms with Gasteiger partial charge in [-0.2, -0.15) is 0 Å². The Morgan fingerprint density at radius 2 is 0.883 bits per heavy atom. The van der Waals surface area contributed by atoms with Crippen molar-refractivity contribution in [3.8, 4) is 39.1 Å². The van der Waals surface area contributed by atoms with Crippen LogP contribution in [0.3, 0.4) is 0 Å². The van der Waals surface area contributed by atoms with E-state index in [9.17, 15) is 0 Å². The molecule has 10 aromatic rings. The van der Waals surface area contributed by atoms with Crippen LogP contribution in [0.15, 0.2) is 194 Å². The number of aromatic nitrogens is 1. The van der Waals surface area contributed by atoms with Gasteiger partial charge >= 0.3 is 0 Å². The maximum atomic E-state index is 2.55. The Hall–Kier alpha value is -7.16. The average Bonchev–Trinajstić information content (AvgIpc) is 3.84. The number of hydrogen-bond donors (Lipinski definition) is 0. The molecule has 1 heterocycles. The van der Waals surface area contributed by atoms with Gasteiger partial charge in [0.1, 0.15) is 0 Å². The second-order valence-electron chi connectivity index (χ2n) is 17.7. The van der Waals surface area contributed by atoms with E-state index < -0.39 is 0 Å². The number of nitrogens with zero attached hydrogens (tertiary/aromatic N) is 2. The van der Waals surface area contributed by atoms with Crippen molar-refractivity contribution in [1.82, 2.24) is 4.57 Å². The molecule has 0 saturated carbocycles. The number of fused-ring (bicyclic) bond motifs is 10. The maximum Gasteiger partial charge on any atom is 0.0543 e. The molecule has 2 nitrogen and oxygen atoms in total. The summed E-state index contributed by atoms with van der Waals surface area (Å²) in [6.07, 6.45) is 0. The molecule has 2 aliphatic carbocycles. The summed E-state index contributed by atoms with van der Waals surface area (Å²) >= 11 is 0. The van der Waals surface area contributed by atoms with E-state index in [1.54, 1.807) is 0 Å². The first-order valence-electron chi connectivity index (χ1n) is 21.2. The van der Waals surface area contributed by atoms with E-state index in [1.165, 1.54) is 105 Å². The van der Waals surface area contributed by atoms with Crippen molar-refractivity contribution in [3.63, 3.8) is 0 Å². The van der Waals surface area contributed by atoms with Crippen LogP contribution in [0.2, 0.25) is 0 Å². The van der Waals surface area contributed by atoms with Gasteiger partial charge in [-0.3, -0.25) is 0 Å². The lowest BCUT2D eigenvalue weighted by atomic mass is 9.82. The molecule has 286 valence electrons. The Kier molecular flexibility index (Phi) is 7.36. The molecule has 12 rings (SSSR count). The summed E-state index contributed by atoms with van der Waals surface area (Å²) in [6.45, 7) is 9.50. The van der Waals surface area contributed by atoms with Gasteiger partial charge in [0, 0.05) is 43.9 Å². The minimum Gasteiger partial charge on any atom is -0.309 e. The van der Waals surface area contributed by atoms with Gasteiger partial charge in [-0.05, 0) is 104 Å². The van der Waals surface area contributed by atoms with Gasteiger partial charge in [0.25, 0.3) is 0 Å². The third kappa shape index (κ3) is 4.82. The summed E-state index contributed by atoms with van der Waals surface area (Å²) in [5, 5.41) is 4.99. The molecular formula is C58H44N2. The summed E-state index contributed by atoms with van der Waals surface area (Å²) in [5.41, 5.74) is 20.1. The van der Waals surface area contributed by atoms with Crippen LogP contribution < -0.4 is 4.90 Å². The van der Waals surface area contributed by atoms with Gasteiger partial charge in [0.2, 0.25) is 0 Å². The zero-order chi connectivity index (χ0) is 40.3. The number of benzene rings is 9. The molecule has 2 heteroatoms. The second-order valence-corrected chi connectivity index (χ2v) is 17.7. The van der Waals surface area contributed by atoms with Crippen LogP contribution in [0.5, 0.6) is 0 Å². The minimum atomic E-state index is -0.127. The Morgan fingerprint density at radius 1 is 0.367 bits per heavy atom. The first-order chi connectivity index (χ1) is 29.3. The average molecular weight is 769 g/mol. The SMILES string of the molecule is CC1(C)c2ccccc2-c2ccc(N(c3cccc4c3-c3ccccc3C4(C)C)c3cccc4c(-c5ccc(-n6c7ccccc7c7ccccc76)cc5)cccc34)cc21. The molecule has 0 bridgehead atoms. The topological polar surface area (TPSA) is 8.17 Å².